The van der Waals surface area contributed by atoms with Crippen LogP contribution >= 0.6 is 0 Å². The van der Waals surface area contributed by atoms with E-state index in [2.05, 4.69) is 5.32 Å². The fraction of sp³-hybridized carbons (Fsp3) is 0.222. The number of nitrogens with two attached hydrogens (primary N) is 2. The monoisotopic (exact) mass is 279 g/mol. The van der Waals surface area contributed by atoms with E-state index in [0.717, 1.165) is 0 Å². The number of hydrogen-bond donors (Lipinski definition) is 3. The number of carbonyl (C=O) groups excluding carboxylic acids is 1. The molecule has 0 aliphatic heterocycles. The van der Waals surface area contributed by atoms with Gasteiger partial charge in [0.15, 0.2) is 0 Å². The topological polar surface area (TPSA) is 115 Å². The minimum Gasteiger partial charge on any atom is -0.351 e. The summed E-state index contributed by atoms with van der Waals surface area (Å²) in [6, 6.07) is 0.836. The molecule has 0 saturated carbocycles. The van der Waals surface area contributed by atoms with Crippen molar-refractivity contribution in [2.24, 2.45) is 10.9 Å². The van der Waals surface area contributed by atoms with Crippen LogP contribution in [-0.2, 0) is 10.0 Å². The highest BCUT2D eigenvalue weighted by atomic mass is 32.2. The van der Waals surface area contributed by atoms with Crippen LogP contribution in [0.1, 0.15) is 10.4 Å². The van der Waals surface area contributed by atoms with Crippen LogP contribution in [0.5, 0.6) is 0 Å². The van der Waals surface area contributed by atoms with Crippen molar-refractivity contribution in [3.05, 3.63) is 29.3 Å². The Hall–Kier alpha value is -1.58. The van der Waals surface area contributed by atoms with Crippen molar-refractivity contribution in [2.45, 2.75) is 4.90 Å². The second kappa shape index (κ2) is 5.38. The maximum Gasteiger partial charge on any atom is 0.254 e. The second-order valence-corrected chi connectivity index (χ2v) is 4.88. The molecule has 5 N–H and O–H groups in total. The molecular formula is C9H11F2N3O3S. The Labute approximate surface area is 102 Å². The number of amides is 1. The van der Waals surface area contributed by atoms with Crippen molar-refractivity contribution in [3.63, 3.8) is 0 Å². The van der Waals surface area contributed by atoms with Gasteiger partial charge in [-0.05, 0) is 6.07 Å². The highest BCUT2D eigenvalue weighted by molar-refractivity contribution is 7.89. The lowest BCUT2D eigenvalue weighted by Gasteiger charge is -2.07. The van der Waals surface area contributed by atoms with E-state index >= 15 is 0 Å². The first-order chi connectivity index (χ1) is 8.27. The van der Waals surface area contributed by atoms with Crippen LogP contribution in [0.4, 0.5) is 8.78 Å². The second-order valence-electron chi connectivity index (χ2n) is 3.35. The lowest BCUT2D eigenvalue weighted by molar-refractivity contribution is 0.0950. The normalized spacial score (nSPS) is 11.3. The summed E-state index contributed by atoms with van der Waals surface area (Å²) in [4.78, 5) is 10.5. The fourth-order valence-electron chi connectivity index (χ4n) is 1.20. The molecule has 1 aromatic rings. The van der Waals surface area contributed by atoms with Gasteiger partial charge in [-0.1, -0.05) is 0 Å². The van der Waals surface area contributed by atoms with Crippen LogP contribution in [-0.4, -0.2) is 27.4 Å². The van der Waals surface area contributed by atoms with Gasteiger partial charge in [0.05, 0.1) is 5.56 Å². The number of nitrogens with one attached hydrogen (secondary N) is 1. The van der Waals surface area contributed by atoms with Gasteiger partial charge in [-0.15, -0.1) is 0 Å². The average Bonchev–Trinajstić information content (AvgIpc) is 2.24. The zero-order valence-corrected chi connectivity index (χ0v) is 9.93. The summed E-state index contributed by atoms with van der Waals surface area (Å²) in [5.74, 6) is -3.44. The average molecular weight is 279 g/mol. The summed E-state index contributed by atoms with van der Waals surface area (Å²) < 4.78 is 48.6. The Bertz CT molecular complexity index is 575. The number of benzene rings is 1. The summed E-state index contributed by atoms with van der Waals surface area (Å²) >= 11 is 0. The molecule has 0 aliphatic carbocycles. The van der Waals surface area contributed by atoms with Gasteiger partial charge in [0.1, 0.15) is 16.5 Å². The fourth-order valence-corrected chi connectivity index (χ4v) is 1.81. The first kappa shape index (κ1) is 14.5. The Morgan fingerprint density at radius 1 is 1.28 bits per heavy atom. The van der Waals surface area contributed by atoms with Gasteiger partial charge < -0.3 is 11.1 Å². The van der Waals surface area contributed by atoms with Crippen LogP contribution in [0.25, 0.3) is 0 Å². The number of carbonyl (C=O) groups is 1. The maximum atomic E-state index is 13.3. The lowest BCUT2D eigenvalue weighted by atomic mass is 10.2. The van der Waals surface area contributed by atoms with Gasteiger partial charge in [-0.3, -0.25) is 4.79 Å². The highest BCUT2D eigenvalue weighted by Gasteiger charge is 2.21. The van der Waals surface area contributed by atoms with E-state index in [9.17, 15) is 22.0 Å². The Morgan fingerprint density at radius 3 is 2.39 bits per heavy atom. The maximum absolute atomic E-state index is 13.3. The zero-order chi connectivity index (χ0) is 13.9. The third kappa shape index (κ3) is 3.22. The van der Waals surface area contributed by atoms with E-state index in [0.29, 0.717) is 6.07 Å². The largest absolute Gasteiger partial charge is 0.351 e. The summed E-state index contributed by atoms with van der Waals surface area (Å²) in [5.41, 5.74) is 4.52. The molecule has 9 heteroatoms. The minimum absolute atomic E-state index is 0.0698. The molecule has 18 heavy (non-hydrogen) atoms. The van der Waals surface area contributed by atoms with Gasteiger partial charge in [0.25, 0.3) is 5.91 Å². The van der Waals surface area contributed by atoms with Gasteiger partial charge in [0.2, 0.25) is 10.0 Å². The van der Waals surface area contributed by atoms with E-state index in [1.54, 1.807) is 0 Å². The number of hydrogen-bond acceptors (Lipinski definition) is 4. The van der Waals surface area contributed by atoms with E-state index in [4.69, 9.17) is 10.9 Å². The predicted molar refractivity (Wildman–Crippen MR) is 59.1 cm³/mol. The molecule has 6 nitrogen and oxygen atoms in total. The van der Waals surface area contributed by atoms with Crippen LogP contribution in [0.2, 0.25) is 0 Å². The molecule has 0 aromatic heterocycles. The lowest BCUT2D eigenvalue weighted by Crippen LogP contribution is -2.30. The van der Waals surface area contributed by atoms with Crippen molar-refractivity contribution in [1.29, 1.82) is 0 Å². The van der Waals surface area contributed by atoms with Crippen LogP contribution < -0.4 is 16.2 Å². The molecule has 1 rings (SSSR count). The molecular weight excluding hydrogens is 268 g/mol. The van der Waals surface area contributed by atoms with Crippen LogP contribution in [0.3, 0.4) is 0 Å². The summed E-state index contributed by atoms with van der Waals surface area (Å²) in [6.45, 7) is 0.191. The Morgan fingerprint density at radius 2 is 1.89 bits per heavy atom. The molecule has 0 heterocycles. The number of primary sulfonamides is 1. The first-order valence-corrected chi connectivity index (χ1v) is 6.32. The van der Waals surface area contributed by atoms with E-state index in [1.165, 1.54) is 0 Å². The number of sulfonamides is 1. The molecule has 0 aliphatic rings. The first-order valence-electron chi connectivity index (χ1n) is 4.77. The summed E-state index contributed by atoms with van der Waals surface area (Å²) in [5, 5.41) is 6.96. The van der Waals surface area contributed by atoms with Crippen molar-refractivity contribution in [1.82, 2.24) is 5.32 Å². The SMILES string of the molecule is NCCNC(=O)c1cc(S(N)(=O)=O)c(F)cc1F. The molecule has 100 valence electrons. The third-order valence-electron chi connectivity index (χ3n) is 2.00. The molecule has 1 amide bonds. The minimum atomic E-state index is -4.37. The zero-order valence-electron chi connectivity index (χ0n) is 9.11. The predicted octanol–water partition coefficient (Wildman–Crippen LogP) is -0.699. The molecule has 0 unspecified atom stereocenters. The van der Waals surface area contributed by atoms with Crippen molar-refractivity contribution in [2.75, 3.05) is 13.1 Å². The van der Waals surface area contributed by atoms with Crippen molar-refractivity contribution >= 4 is 15.9 Å². The number of halogens is 2. The molecule has 0 fully saturated rings. The molecule has 0 atom stereocenters. The smallest absolute Gasteiger partial charge is 0.254 e. The molecule has 1 aromatic carbocycles. The van der Waals surface area contributed by atoms with Crippen LogP contribution in [0.15, 0.2) is 17.0 Å². The molecule has 0 saturated heterocycles. The molecule has 0 radical (unpaired) electrons. The van der Waals surface area contributed by atoms with Gasteiger partial charge in [-0.2, -0.15) is 0 Å². The number of rotatable bonds is 4. The summed E-state index contributed by atoms with van der Waals surface area (Å²) in [6.07, 6.45) is 0. The highest BCUT2D eigenvalue weighted by Crippen LogP contribution is 2.18. The molecule has 0 spiro atoms. The van der Waals surface area contributed by atoms with E-state index in [-0.39, 0.29) is 19.2 Å². The standard InChI is InChI=1S/C9H11F2N3O3S/c10-6-4-7(11)8(18(13,16)17)3-5(6)9(15)14-2-1-12/h3-4H,1-2,12H2,(H,14,15)(H2,13,16,17). The van der Waals surface area contributed by atoms with Gasteiger partial charge in [-0.25, -0.2) is 22.3 Å². The van der Waals surface area contributed by atoms with Crippen molar-refractivity contribution < 1.29 is 22.0 Å². The Balaban J connectivity index is 3.26. The van der Waals surface area contributed by atoms with E-state index in [1.807, 2.05) is 0 Å². The van der Waals surface area contributed by atoms with E-state index < -0.39 is 38.0 Å². The van der Waals surface area contributed by atoms with Crippen LogP contribution in [0, 0.1) is 11.6 Å². The third-order valence-corrected chi connectivity index (χ3v) is 2.93. The summed E-state index contributed by atoms with van der Waals surface area (Å²) in [7, 11) is -4.37. The van der Waals surface area contributed by atoms with Crippen molar-refractivity contribution in [3.8, 4) is 0 Å². The Kier molecular flexibility index (Phi) is 4.33. The molecule has 0 bridgehead atoms. The quantitative estimate of drug-likeness (QED) is 0.676. The van der Waals surface area contributed by atoms with Gasteiger partial charge >= 0.3 is 0 Å². The van der Waals surface area contributed by atoms with Gasteiger partial charge in [0, 0.05) is 19.2 Å².